The monoisotopic (exact) mass is 248 g/mol. The fourth-order valence-corrected chi connectivity index (χ4v) is 2.77. The number of rotatable bonds is 3. The number of benzene rings is 1. The third kappa shape index (κ3) is 3.12. The maximum atomic E-state index is 10.8. The number of hydrogen-bond acceptors (Lipinski definition) is 2. The van der Waals surface area contributed by atoms with Crippen molar-refractivity contribution in [2.45, 2.75) is 58.2 Å². The molecular weight excluding hydrogens is 224 g/mol. The van der Waals surface area contributed by atoms with Gasteiger partial charge in [-0.25, -0.2) is 0 Å². The first-order valence-electron chi connectivity index (χ1n) is 6.92. The van der Waals surface area contributed by atoms with Gasteiger partial charge in [0.2, 0.25) is 0 Å². The molecule has 1 fully saturated rings. The lowest BCUT2D eigenvalue weighted by Gasteiger charge is -2.37. The van der Waals surface area contributed by atoms with Crippen LogP contribution in [0.25, 0.3) is 0 Å². The number of ether oxygens (including phenoxy) is 1. The summed E-state index contributed by atoms with van der Waals surface area (Å²) in [6, 6.07) is 6.47. The van der Waals surface area contributed by atoms with Crippen molar-refractivity contribution in [1.29, 1.82) is 0 Å². The zero-order valence-corrected chi connectivity index (χ0v) is 11.7. The van der Waals surface area contributed by atoms with E-state index < -0.39 is 5.60 Å². The van der Waals surface area contributed by atoms with Crippen molar-refractivity contribution in [2.24, 2.45) is 0 Å². The van der Waals surface area contributed by atoms with Crippen LogP contribution in [-0.4, -0.2) is 23.4 Å². The predicted molar refractivity (Wildman–Crippen MR) is 73.8 cm³/mol. The molecule has 100 valence electrons. The molecule has 18 heavy (non-hydrogen) atoms. The van der Waals surface area contributed by atoms with Crippen molar-refractivity contribution < 1.29 is 9.84 Å². The van der Waals surface area contributed by atoms with Crippen molar-refractivity contribution >= 4 is 0 Å². The Bertz CT molecular complexity index is 414. The summed E-state index contributed by atoms with van der Waals surface area (Å²) in [6.07, 6.45) is 3.46. The molecule has 0 bridgehead atoms. The molecule has 0 amide bonds. The van der Waals surface area contributed by atoms with Gasteiger partial charge in [-0.05, 0) is 37.8 Å². The molecule has 0 radical (unpaired) electrons. The Labute approximate surface area is 110 Å². The minimum absolute atomic E-state index is 0.217. The summed E-state index contributed by atoms with van der Waals surface area (Å²) >= 11 is 0. The highest BCUT2D eigenvalue weighted by Crippen LogP contribution is 2.30. The number of hydrogen-bond donors (Lipinski definition) is 1. The van der Waals surface area contributed by atoms with Gasteiger partial charge in [-0.3, -0.25) is 0 Å². The van der Waals surface area contributed by atoms with Gasteiger partial charge in [0.1, 0.15) is 0 Å². The Morgan fingerprint density at radius 2 is 2.17 bits per heavy atom. The van der Waals surface area contributed by atoms with Crippen LogP contribution < -0.4 is 0 Å². The zero-order chi connectivity index (χ0) is 13.2. The van der Waals surface area contributed by atoms with Crippen LogP contribution in [-0.2, 0) is 11.2 Å². The van der Waals surface area contributed by atoms with E-state index >= 15 is 0 Å². The van der Waals surface area contributed by atoms with E-state index in [1.165, 1.54) is 16.7 Å². The van der Waals surface area contributed by atoms with Gasteiger partial charge in [0.05, 0.1) is 11.7 Å². The van der Waals surface area contributed by atoms with Gasteiger partial charge in [0.25, 0.3) is 0 Å². The van der Waals surface area contributed by atoms with Gasteiger partial charge in [-0.2, -0.15) is 0 Å². The molecule has 0 aliphatic carbocycles. The summed E-state index contributed by atoms with van der Waals surface area (Å²) in [5.41, 5.74) is 3.22. The van der Waals surface area contributed by atoms with E-state index in [4.69, 9.17) is 4.74 Å². The summed E-state index contributed by atoms with van der Waals surface area (Å²) in [5, 5.41) is 10.8. The Morgan fingerprint density at radius 1 is 1.39 bits per heavy atom. The van der Waals surface area contributed by atoms with Crippen molar-refractivity contribution in [2.75, 3.05) is 6.61 Å². The molecule has 1 aromatic rings. The van der Waals surface area contributed by atoms with Crippen molar-refractivity contribution in [3.8, 4) is 0 Å². The highest BCUT2D eigenvalue weighted by Gasteiger charge is 2.34. The summed E-state index contributed by atoms with van der Waals surface area (Å²) in [6.45, 7) is 7.02. The maximum Gasteiger partial charge on any atom is 0.0734 e. The maximum absolute atomic E-state index is 10.8. The van der Waals surface area contributed by atoms with Gasteiger partial charge < -0.3 is 9.84 Å². The molecule has 1 aliphatic heterocycles. The van der Waals surface area contributed by atoms with E-state index in [0.29, 0.717) is 6.61 Å². The van der Waals surface area contributed by atoms with Crippen LogP contribution in [0.2, 0.25) is 0 Å². The molecule has 1 aliphatic rings. The fourth-order valence-electron chi connectivity index (χ4n) is 2.77. The third-order valence-electron chi connectivity index (χ3n) is 4.01. The predicted octanol–water partition coefficient (Wildman–Crippen LogP) is 3.17. The lowest BCUT2D eigenvalue weighted by molar-refractivity contribution is -0.103. The van der Waals surface area contributed by atoms with Crippen LogP contribution in [0.15, 0.2) is 18.2 Å². The molecule has 0 aromatic heterocycles. The minimum atomic E-state index is -0.586. The normalized spacial score (nSPS) is 28.3. The van der Waals surface area contributed by atoms with Crippen molar-refractivity contribution in [3.05, 3.63) is 34.9 Å². The Balaban J connectivity index is 2.14. The first kappa shape index (κ1) is 13.6. The van der Waals surface area contributed by atoms with Gasteiger partial charge in [0, 0.05) is 19.4 Å². The molecule has 1 heterocycles. The summed E-state index contributed by atoms with van der Waals surface area (Å²) < 4.78 is 5.65. The molecule has 1 N–H and O–H groups in total. The second-order valence-electron chi connectivity index (χ2n) is 5.69. The van der Waals surface area contributed by atoms with Crippen molar-refractivity contribution in [1.82, 2.24) is 0 Å². The summed E-state index contributed by atoms with van der Waals surface area (Å²) in [5.74, 6) is 0. The average Bonchev–Trinajstić information content (AvgIpc) is 2.33. The Morgan fingerprint density at radius 3 is 2.89 bits per heavy atom. The van der Waals surface area contributed by atoms with Crippen LogP contribution in [0.3, 0.4) is 0 Å². The molecule has 2 heteroatoms. The molecule has 1 aromatic carbocycles. The minimum Gasteiger partial charge on any atom is -0.389 e. The number of aliphatic hydroxyl groups is 1. The largest absolute Gasteiger partial charge is 0.389 e. The van der Waals surface area contributed by atoms with E-state index in [0.717, 1.165) is 25.7 Å². The summed E-state index contributed by atoms with van der Waals surface area (Å²) in [4.78, 5) is 0. The van der Waals surface area contributed by atoms with Gasteiger partial charge in [-0.1, -0.05) is 30.7 Å². The smallest absolute Gasteiger partial charge is 0.0734 e. The average molecular weight is 248 g/mol. The molecule has 0 spiro atoms. The third-order valence-corrected chi connectivity index (χ3v) is 4.01. The Hall–Kier alpha value is -0.860. The van der Waals surface area contributed by atoms with E-state index in [9.17, 15) is 5.11 Å². The zero-order valence-electron chi connectivity index (χ0n) is 11.7. The fraction of sp³-hybridized carbons (Fsp3) is 0.625. The second kappa shape index (κ2) is 5.41. The van der Waals surface area contributed by atoms with Crippen molar-refractivity contribution in [3.63, 3.8) is 0 Å². The molecule has 2 rings (SSSR count). The number of aryl methyl sites for hydroxylation is 2. The SMILES string of the molecule is CCC1CC(O)(Cc2cc(C)ccc2C)CCO1. The summed E-state index contributed by atoms with van der Waals surface area (Å²) in [7, 11) is 0. The molecule has 1 saturated heterocycles. The quantitative estimate of drug-likeness (QED) is 0.890. The van der Waals surface area contributed by atoms with Crippen LogP contribution in [0.5, 0.6) is 0 Å². The first-order chi connectivity index (χ1) is 8.52. The molecule has 2 atom stereocenters. The molecular formula is C16H24O2. The molecule has 2 unspecified atom stereocenters. The topological polar surface area (TPSA) is 29.5 Å². The van der Waals surface area contributed by atoms with Crippen LogP contribution >= 0.6 is 0 Å². The highest BCUT2D eigenvalue weighted by atomic mass is 16.5. The lowest BCUT2D eigenvalue weighted by atomic mass is 9.82. The Kier molecular flexibility index (Phi) is 4.08. The van der Waals surface area contributed by atoms with E-state index in [1.54, 1.807) is 0 Å². The van der Waals surface area contributed by atoms with Crippen LogP contribution in [0.4, 0.5) is 0 Å². The van der Waals surface area contributed by atoms with E-state index in [1.807, 2.05) is 0 Å². The lowest BCUT2D eigenvalue weighted by Crippen LogP contribution is -2.42. The van der Waals surface area contributed by atoms with Gasteiger partial charge >= 0.3 is 0 Å². The second-order valence-corrected chi connectivity index (χ2v) is 5.69. The van der Waals surface area contributed by atoms with Gasteiger partial charge in [0.15, 0.2) is 0 Å². The van der Waals surface area contributed by atoms with E-state index in [2.05, 4.69) is 39.0 Å². The molecule has 2 nitrogen and oxygen atoms in total. The van der Waals surface area contributed by atoms with Crippen LogP contribution in [0, 0.1) is 13.8 Å². The standard InChI is InChI=1S/C16H24O2/c1-4-15-11-16(17,7-8-18-15)10-14-9-12(2)5-6-13(14)3/h5-6,9,15,17H,4,7-8,10-11H2,1-3H3. The highest BCUT2D eigenvalue weighted by molar-refractivity contribution is 5.31. The van der Waals surface area contributed by atoms with Crippen LogP contribution in [0.1, 0.15) is 42.9 Å². The van der Waals surface area contributed by atoms with E-state index in [-0.39, 0.29) is 6.10 Å². The molecule has 0 saturated carbocycles. The van der Waals surface area contributed by atoms with Gasteiger partial charge in [-0.15, -0.1) is 0 Å². The first-order valence-corrected chi connectivity index (χ1v) is 6.92.